The van der Waals surface area contributed by atoms with E-state index in [0.717, 1.165) is 40.6 Å². The molecule has 8 rings (SSSR count). The molecular formula is C63H90N6O4. The molecule has 2 aliphatic heterocycles. The predicted octanol–water partition coefficient (Wildman–Crippen LogP) is 15.9. The van der Waals surface area contributed by atoms with Gasteiger partial charge >= 0.3 is 0 Å². The van der Waals surface area contributed by atoms with Crippen LogP contribution in [0.5, 0.6) is 0 Å². The average molecular weight is 995 g/mol. The number of aryl methyl sites for hydroxylation is 3. The van der Waals surface area contributed by atoms with Crippen LogP contribution < -0.4 is 15.5 Å². The van der Waals surface area contributed by atoms with Gasteiger partial charge in [0.15, 0.2) is 17.2 Å². The third-order valence-corrected chi connectivity index (χ3v) is 13.5. The number of fused-ring (bicyclic) bond motifs is 1. The van der Waals surface area contributed by atoms with Crippen LogP contribution in [-0.2, 0) is 14.4 Å². The minimum absolute atomic E-state index is 0.0164. The van der Waals surface area contributed by atoms with Crippen molar-refractivity contribution >= 4 is 51.8 Å². The van der Waals surface area contributed by atoms with E-state index in [1.165, 1.54) is 86.6 Å². The Morgan fingerprint density at radius 2 is 1.38 bits per heavy atom. The Morgan fingerprint density at radius 1 is 0.795 bits per heavy atom. The molecule has 2 aromatic heterocycles. The van der Waals surface area contributed by atoms with E-state index in [-0.39, 0.29) is 29.3 Å². The highest BCUT2D eigenvalue weighted by Gasteiger charge is 2.39. The van der Waals surface area contributed by atoms with Crippen LogP contribution >= 0.6 is 0 Å². The summed E-state index contributed by atoms with van der Waals surface area (Å²) in [5.41, 5.74) is 13.8. The highest BCUT2D eigenvalue weighted by Crippen LogP contribution is 2.40. The van der Waals surface area contributed by atoms with E-state index in [4.69, 9.17) is 0 Å². The fourth-order valence-corrected chi connectivity index (χ4v) is 7.81. The number of allylic oxidation sites excluding steroid dienone is 5. The summed E-state index contributed by atoms with van der Waals surface area (Å²) in [6, 6.07) is 25.9. The van der Waals surface area contributed by atoms with Crippen molar-refractivity contribution in [3.8, 4) is 11.1 Å². The molecule has 10 nitrogen and oxygen atoms in total. The molecule has 3 fully saturated rings. The average Bonchev–Trinajstić information content (AvgIpc) is 3.82. The third kappa shape index (κ3) is 19.8. The Kier molecular flexibility index (Phi) is 26.8. The molecule has 3 aliphatic rings. The Balaban J connectivity index is 0.000000360. The molecular weight excluding hydrogens is 905 g/mol. The summed E-state index contributed by atoms with van der Waals surface area (Å²) in [4.78, 5) is 49.3. The number of anilines is 3. The first kappa shape index (κ1) is 62.7. The van der Waals surface area contributed by atoms with Crippen LogP contribution in [-0.4, -0.2) is 51.1 Å². The van der Waals surface area contributed by atoms with E-state index in [9.17, 15) is 19.2 Å². The SMILES string of the molecule is C=C/C(=C\C=C(/C)c1cccc(Nc2cc(C)c3ncc(C(C)=O)n3n2)c1)CC.CC.CC.CC(C)=O.CC1CCC(=O)NC1=O.CCC1(CC)CN(c2ccc(-c3ccc(C)c(C)c3)cc2)C1.C[C@@H]1C[C@@H]1C. The maximum absolute atomic E-state index is 11.8. The van der Waals surface area contributed by atoms with Gasteiger partial charge in [-0.15, -0.1) is 5.10 Å². The van der Waals surface area contributed by atoms with Crippen molar-refractivity contribution in [2.45, 2.75) is 156 Å². The number of carbonyl (C=O) groups excluding carboxylic acids is 4. The fourth-order valence-electron chi connectivity index (χ4n) is 7.81. The molecule has 2 N–H and O–H groups in total. The van der Waals surface area contributed by atoms with Crippen LogP contribution in [0.15, 0.2) is 109 Å². The first-order chi connectivity index (χ1) is 34.7. The van der Waals surface area contributed by atoms with Gasteiger partial charge in [-0.2, -0.15) is 0 Å². The molecule has 1 aliphatic carbocycles. The minimum Gasteiger partial charge on any atom is -0.370 e. The Morgan fingerprint density at radius 3 is 1.88 bits per heavy atom. The standard InChI is InChI=1S/C24H26N4O.C21H27N.C6H9NO2.C5H10.C3H6O.2C2H6/c1-6-19(7-2)12-11-16(3)20-9-8-10-21(14-20)26-23-13-17(4)24-25-15-22(18(5)29)28(24)27-23;1-5-21(6-2)14-22(15-21)20-11-9-18(10-12-20)19-8-7-16(3)17(4)13-19;1-4-2-3-5(8)7-6(4)9;1-4-3-5(4)2;1-3(2)4;2*1-2/h6,8-15H,1,7H2,2-5H3,(H,26,27);7-13H,5-6,14-15H2,1-4H3;4H,2-3H2,1H3,(H,7,8,9);4-5H,3H2,1-2H3;1-2H3;2*1-2H3/b16-11+,19-12+;;;;;;/t;;;4-,5+;;;. The Bertz CT molecular complexity index is 2620. The summed E-state index contributed by atoms with van der Waals surface area (Å²) in [6.45, 7) is 40.4. The molecule has 3 atom stereocenters. The lowest BCUT2D eigenvalue weighted by Gasteiger charge is -2.51. The summed E-state index contributed by atoms with van der Waals surface area (Å²) in [7, 11) is 0. The van der Waals surface area contributed by atoms with Crippen LogP contribution in [0.25, 0.3) is 22.3 Å². The van der Waals surface area contributed by atoms with Gasteiger partial charge in [0, 0.05) is 49.1 Å². The number of carbonyl (C=O) groups is 4. The van der Waals surface area contributed by atoms with E-state index >= 15 is 0 Å². The van der Waals surface area contributed by atoms with Crippen molar-refractivity contribution < 1.29 is 19.2 Å². The molecule has 2 saturated heterocycles. The third-order valence-electron chi connectivity index (χ3n) is 13.5. The van der Waals surface area contributed by atoms with Crippen LogP contribution in [0.4, 0.5) is 17.2 Å². The van der Waals surface area contributed by atoms with Gasteiger partial charge in [-0.25, -0.2) is 9.50 Å². The number of ketones is 2. The second kappa shape index (κ2) is 31.2. The fraction of sp³-hybridized carbons (Fsp3) is 0.460. The topological polar surface area (TPSA) is 126 Å². The lowest BCUT2D eigenvalue weighted by atomic mass is 9.75. The van der Waals surface area contributed by atoms with Crippen molar-refractivity contribution in [1.29, 1.82) is 0 Å². The molecule has 2 amide bonds. The first-order valence-electron chi connectivity index (χ1n) is 26.7. The van der Waals surface area contributed by atoms with E-state index in [0.29, 0.717) is 35.4 Å². The zero-order valence-electron chi connectivity index (χ0n) is 47.8. The van der Waals surface area contributed by atoms with Gasteiger partial charge in [0.1, 0.15) is 11.5 Å². The highest BCUT2D eigenvalue weighted by atomic mass is 16.2. The quantitative estimate of drug-likeness (QED) is 0.0761. The van der Waals surface area contributed by atoms with E-state index in [2.05, 4.69) is 154 Å². The number of hydrogen-bond acceptors (Lipinski definition) is 8. The van der Waals surface area contributed by atoms with Gasteiger partial charge in [-0.1, -0.05) is 137 Å². The largest absolute Gasteiger partial charge is 0.370 e. The van der Waals surface area contributed by atoms with Crippen LogP contribution in [0.3, 0.4) is 0 Å². The molecule has 396 valence electrons. The smallest absolute Gasteiger partial charge is 0.229 e. The van der Waals surface area contributed by atoms with Crippen molar-refractivity contribution in [3.05, 3.63) is 137 Å². The number of Topliss-reactive ketones (excluding diaryl/α,β-unsaturated/α-hetero) is 2. The Labute approximate surface area is 440 Å². The normalized spacial score (nSPS) is 17.2. The molecule has 10 heteroatoms. The second-order valence-corrected chi connectivity index (χ2v) is 19.4. The molecule has 1 saturated carbocycles. The van der Waals surface area contributed by atoms with E-state index < -0.39 is 0 Å². The van der Waals surface area contributed by atoms with Gasteiger partial charge in [-0.05, 0) is 160 Å². The number of imide groups is 1. The second-order valence-electron chi connectivity index (χ2n) is 19.4. The number of piperidine rings is 1. The first-order valence-corrected chi connectivity index (χ1v) is 26.7. The maximum Gasteiger partial charge on any atom is 0.229 e. The lowest BCUT2D eigenvalue weighted by Crippen LogP contribution is -2.55. The molecule has 73 heavy (non-hydrogen) atoms. The van der Waals surface area contributed by atoms with Crippen molar-refractivity contribution in [3.63, 3.8) is 0 Å². The zero-order chi connectivity index (χ0) is 55.0. The summed E-state index contributed by atoms with van der Waals surface area (Å²) in [5.74, 6) is 2.61. The molecule has 5 aromatic rings. The number of amides is 2. The summed E-state index contributed by atoms with van der Waals surface area (Å²) >= 11 is 0. The number of nitrogens with one attached hydrogen (secondary N) is 2. The highest BCUT2D eigenvalue weighted by molar-refractivity contribution is 5.98. The molecule has 0 bridgehead atoms. The van der Waals surface area contributed by atoms with Gasteiger partial charge in [-0.3, -0.25) is 19.7 Å². The predicted molar refractivity (Wildman–Crippen MR) is 310 cm³/mol. The monoisotopic (exact) mass is 995 g/mol. The van der Waals surface area contributed by atoms with Gasteiger partial charge < -0.3 is 15.0 Å². The van der Waals surface area contributed by atoms with Gasteiger partial charge in [0.05, 0.1) is 6.20 Å². The van der Waals surface area contributed by atoms with E-state index in [1.54, 1.807) is 10.7 Å². The molecule has 1 unspecified atom stereocenters. The van der Waals surface area contributed by atoms with E-state index in [1.807, 2.05) is 65.8 Å². The maximum atomic E-state index is 11.8. The molecule has 3 aromatic carbocycles. The van der Waals surface area contributed by atoms with Crippen LogP contribution in [0, 0.1) is 43.9 Å². The minimum atomic E-state index is -0.141. The summed E-state index contributed by atoms with van der Waals surface area (Å²) in [6.07, 6.45) is 13.9. The number of imidazole rings is 1. The molecule has 4 heterocycles. The number of nitrogens with zero attached hydrogens (tertiary/aromatic N) is 4. The van der Waals surface area contributed by atoms with Crippen LogP contribution in [0.1, 0.15) is 168 Å². The van der Waals surface area contributed by atoms with Crippen molar-refractivity contribution in [2.24, 2.45) is 23.2 Å². The van der Waals surface area contributed by atoms with Gasteiger partial charge in [0.2, 0.25) is 11.8 Å². The van der Waals surface area contributed by atoms with Crippen molar-refractivity contribution in [2.75, 3.05) is 23.3 Å². The number of hydrogen-bond donors (Lipinski definition) is 2. The lowest BCUT2D eigenvalue weighted by molar-refractivity contribution is -0.135. The van der Waals surface area contributed by atoms with Crippen LogP contribution in [0.2, 0.25) is 0 Å². The van der Waals surface area contributed by atoms with Gasteiger partial charge in [0.25, 0.3) is 0 Å². The molecule has 0 spiro atoms. The zero-order valence-corrected chi connectivity index (χ0v) is 47.8. The number of benzene rings is 3. The Hall–Kier alpha value is -6.42. The molecule has 0 radical (unpaired) electrons. The summed E-state index contributed by atoms with van der Waals surface area (Å²) < 4.78 is 1.60. The summed E-state index contributed by atoms with van der Waals surface area (Å²) in [5, 5.41) is 10.2. The number of rotatable bonds is 11. The van der Waals surface area contributed by atoms with Crippen molar-refractivity contribution in [1.82, 2.24) is 19.9 Å². The number of aromatic nitrogens is 3.